The highest BCUT2D eigenvalue weighted by Gasteiger charge is 2.13. The van der Waals surface area contributed by atoms with Gasteiger partial charge in [-0.25, -0.2) is 0 Å². The number of para-hydroxylation sites is 1. The molecule has 0 spiro atoms. The van der Waals surface area contributed by atoms with E-state index < -0.39 is 0 Å². The minimum atomic E-state index is 0.282. The van der Waals surface area contributed by atoms with Crippen LogP contribution in [-0.2, 0) is 4.74 Å². The Morgan fingerprint density at radius 3 is 2.58 bits per heavy atom. The normalized spacial score (nSPS) is 15.0. The Morgan fingerprint density at radius 2 is 1.83 bits per heavy atom. The molecule has 1 aliphatic heterocycles. The number of hydrogen-bond donors (Lipinski definition) is 3. The molecule has 8 heteroatoms. The van der Waals surface area contributed by atoms with Gasteiger partial charge in [-0.1, -0.05) is 18.2 Å². The van der Waals surface area contributed by atoms with Gasteiger partial charge in [0, 0.05) is 5.69 Å². The van der Waals surface area contributed by atoms with Crippen LogP contribution in [-0.4, -0.2) is 61.5 Å². The van der Waals surface area contributed by atoms with Crippen molar-refractivity contribution in [2.75, 3.05) is 57.1 Å². The van der Waals surface area contributed by atoms with E-state index in [9.17, 15) is 0 Å². The largest absolute Gasteiger partial charge is 0.467 e. The zero-order chi connectivity index (χ0) is 16.6. The summed E-state index contributed by atoms with van der Waals surface area (Å²) in [6.07, 6.45) is 0. The molecule has 0 unspecified atom stereocenters. The van der Waals surface area contributed by atoms with Gasteiger partial charge in [-0.05, 0) is 12.1 Å². The third kappa shape index (κ3) is 4.77. The number of benzene rings is 1. The van der Waals surface area contributed by atoms with Crippen LogP contribution in [0.15, 0.2) is 30.3 Å². The number of nitrogens with one attached hydrogen (secondary N) is 3. The predicted molar refractivity (Wildman–Crippen MR) is 91.0 cm³/mol. The maximum atomic E-state index is 5.37. The topological polar surface area (TPSA) is 85.6 Å². The van der Waals surface area contributed by atoms with Crippen LogP contribution in [0.5, 0.6) is 6.01 Å². The Kier molecular flexibility index (Phi) is 5.75. The Morgan fingerprint density at radius 1 is 1.08 bits per heavy atom. The number of aromatic nitrogens is 3. The van der Waals surface area contributed by atoms with Crippen molar-refractivity contribution in [1.29, 1.82) is 0 Å². The average Bonchev–Trinajstić information content (AvgIpc) is 2.63. The van der Waals surface area contributed by atoms with Crippen LogP contribution in [0.3, 0.4) is 0 Å². The second-order valence-corrected chi connectivity index (χ2v) is 5.50. The molecule has 0 radical (unpaired) electrons. The van der Waals surface area contributed by atoms with Gasteiger partial charge in [0.2, 0.25) is 11.9 Å². The fourth-order valence-electron chi connectivity index (χ4n) is 2.49. The van der Waals surface area contributed by atoms with Gasteiger partial charge < -0.3 is 25.0 Å². The van der Waals surface area contributed by atoms with Crippen LogP contribution in [0.1, 0.15) is 0 Å². The number of nitrogens with zero attached hydrogens (tertiary/aromatic N) is 3. The third-order valence-electron chi connectivity index (χ3n) is 3.79. The van der Waals surface area contributed by atoms with Crippen LogP contribution in [0.2, 0.25) is 0 Å². The van der Waals surface area contributed by atoms with Crippen LogP contribution >= 0.6 is 0 Å². The Bertz CT molecular complexity index is 634. The summed E-state index contributed by atoms with van der Waals surface area (Å²) >= 11 is 0. The first-order valence-electron chi connectivity index (χ1n) is 8.11. The number of rotatable bonds is 7. The molecule has 2 heterocycles. The predicted octanol–water partition coefficient (Wildman–Crippen LogP) is -0.0492. The summed E-state index contributed by atoms with van der Waals surface area (Å²) < 4.78 is 10.5. The molecule has 0 aliphatic carbocycles. The zero-order valence-electron chi connectivity index (χ0n) is 13.8. The van der Waals surface area contributed by atoms with Gasteiger partial charge in [0.05, 0.1) is 33.4 Å². The molecule has 1 saturated heterocycles. The highest BCUT2D eigenvalue weighted by atomic mass is 16.5. The molecule has 8 nitrogen and oxygen atoms in total. The zero-order valence-corrected chi connectivity index (χ0v) is 13.8. The lowest BCUT2D eigenvalue weighted by Gasteiger charge is -2.23. The first-order valence-corrected chi connectivity index (χ1v) is 8.11. The monoisotopic (exact) mass is 331 g/mol. The van der Waals surface area contributed by atoms with Crippen LogP contribution in [0, 0.1) is 0 Å². The van der Waals surface area contributed by atoms with Gasteiger partial charge in [-0.3, -0.25) is 0 Å². The first-order chi connectivity index (χ1) is 11.8. The molecule has 1 aromatic heterocycles. The fourth-order valence-corrected chi connectivity index (χ4v) is 2.49. The highest BCUT2D eigenvalue weighted by Crippen LogP contribution is 2.15. The van der Waals surface area contributed by atoms with E-state index in [1.165, 1.54) is 4.90 Å². The number of ether oxygens (including phenoxy) is 2. The van der Waals surface area contributed by atoms with E-state index >= 15 is 0 Å². The Labute approximate surface area is 141 Å². The lowest BCUT2D eigenvalue weighted by Crippen LogP contribution is -3.14. The van der Waals surface area contributed by atoms with Gasteiger partial charge in [-0.2, -0.15) is 15.0 Å². The Balaban J connectivity index is 1.60. The quantitative estimate of drug-likeness (QED) is 0.656. The smallest absolute Gasteiger partial charge is 0.322 e. The molecule has 1 aliphatic rings. The van der Waals surface area contributed by atoms with E-state index in [0.717, 1.165) is 45.1 Å². The van der Waals surface area contributed by atoms with E-state index in [1.54, 1.807) is 7.11 Å². The van der Waals surface area contributed by atoms with Crippen molar-refractivity contribution in [3.63, 3.8) is 0 Å². The van der Waals surface area contributed by atoms with E-state index in [2.05, 4.69) is 25.6 Å². The number of anilines is 3. The molecule has 0 atom stereocenters. The SMILES string of the molecule is COc1nc(NCC[NH+]2CCOCC2)nc(Nc2ccccc2)n1. The number of morpholine rings is 1. The maximum absolute atomic E-state index is 5.37. The lowest BCUT2D eigenvalue weighted by atomic mass is 10.3. The molecule has 3 N–H and O–H groups in total. The van der Waals surface area contributed by atoms with E-state index in [0.29, 0.717) is 11.9 Å². The van der Waals surface area contributed by atoms with Gasteiger partial charge >= 0.3 is 6.01 Å². The molecule has 0 amide bonds. The summed E-state index contributed by atoms with van der Waals surface area (Å²) in [6.45, 7) is 5.54. The summed E-state index contributed by atoms with van der Waals surface area (Å²) in [5, 5.41) is 6.40. The molecule has 2 aromatic rings. The van der Waals surface area contributed by atoms with Crippen molar-refractivity contribution < 1.29 is 14.4 Å². The van der Waals surface area contributed by atoms with Gasteiger partial charge in [0.1, 0.15) is 13.1 Å². The van der Waals surface area contributed by atoms with Crippen molar-refractivity contribution in [2.45, 2.75) is 0 Å². The summed E-state index contributed by atoms with van der Waals surface area (Å²) in [6, 6.07) is 10.0. The first kappa shape index (κ1) is 16.4. The average molecular weight is 331 g/mol. The summed E-state index contributed by atoms with van der Waals surface area (Å²) in [5.41, 5.74) is 0.912. The van der Waals surface area contributed by atoms with Gasteiger partial charge in [0.15, 0.2) is 0 Å². The van der Waals surface area contributed by atoms with Gasteiger partial charge in [0.25, 0.3) is 0 Å². The third-order valence-corrected chi connectivity index (χ3v) is 3.79. The van der Waals surface area contributed by atoms with Crippen molar-refractivity contribution in [3.8, 4) is 6.01 Å². The van der Waals surface area contributed by atoms with Crippen LogP contribution < -0.4 is 20.3 Å². The molecule has 0 bridgehead atoms. The fraction of sp³-hybridized carbons (Fsp3) is 0.438. The molecule has 24 heavy (non-hydrogen) atoms. The summed E-state index contributed by atoms with van der Waals surface area (Å²) in [4.78, 5) is 14.4. The summed E-state index contributed by atoms with van der Waals surface area (Å²) in [5.74, 6) is 0.960. The molecule has 3 rings (SSSR count). The minimum absolute atomic E-state index is 0.282. The maximum Gasteiger partial charge on any atom is 0.322 e. The highest BCUT2D eigenvalue weighted by molar-refractivity contribution is 5.53. The lowest BCUT2D eigenvalue weighted by molar-refractivity contribution is -0.906. The molecule has 0 saturated carbocycles. The number of quaternary nitrogens is 1. The Hall–Kier alpha value is -2.45. The second-order valence-electron chi connectivity index (χ2n) is 5.50. The van der Waals surface area contributed by atoms with Crippen molar-refractivity contribution >= 4 is 17.6 Å². The van der Waals surface area contributed by atoms with Crippen LogP contribution in [0.25, 0.3) is 0 Å². The minimum Gasteiger partial charge on any atom is -0.467 e. The van der Waals surface area contributed by atoms with Crippen LogP contribution in [0.4, 0.5) is 17.6 Å². The molecular formula is C16H23N6O2+. The van der Waals surface area contributed by atoms with E-state index in [-0.39, 0.29) is 6.01 Å². The second kappa shape index (κ2) is 8.42. The standard InChI is InChI=1S/C16H22N6O2/c1-23-16-20-14(17-7-8-22-9-11-24-12-10-22)19-15(21-16)18-13-5-3-2-4-6-13/h2-6H,7-12H2,1H3,(H2,17,18,19,20,21)/p+1. The van der Waals surface area contributed by atoms with Crippen molar-refractivity contribution in [2.24, 2.45) is 0 Å². The molecule has 128 valence electrons. The summed E-state index contributed by atoms with van der Waals surface area (Å²) in [7, 11) is 1.54. The van der Waals surface area contributed by atoms with E-state index in [1.807, 2.05) is 30.3 Å². The molecular weight excluding hydrogens is 308 g/mol. The number of hydrogen-bond acceptors (Lipinski definition) is 7. The molecule has 1 fully saturated rings. The van der Waals surface area contributed by atoms with Gasteiger partial charge in [-0.15, -0.1) is 0 Å². The van der Waals surface area contributed by atoms with E-state index in [4.69, 9.17) is 9.47 Å². The van der Waals surface area contributed by atoms with Crippen molar-refractivity contribution in [3.05, 3.63) is 30.3 Å². The van der Waals surface area contributed by atoms with Crippen molar-refractivity contribution in [1.82, 2.24) is 15.0 Å². The number of methoxy groups -OCH3 is 1. The molecule has 1 aromatic carbocycles.